The second kappa shape index (κ2) is 12.0. The van der Waals surface area contributed by atoms with E-state index in [1.54, 1.807) is 0 Å². The van der Waals surface area contributed by atoms with Gasteiger partial charge >= 0.3 is 0 Å². The molecule has 29 heavy (non-hydrogen) atoms. The Morgan fingerprint density at radius 3 is 2.86 bits per heavy atom. The van der Waals surface area contributed by atoms with E-state index in [0.29, 0.717) is 19.2 Å². The van der Waals surface area contributed by atoms with Crippen molar-refractivity contribution in [2.75, 3.05) is 26.7 Å². The molecule has 1 aromatic carbocycles. The average molecular weight is 401 g/mol. The molecule has 1 aliphatic rings. The first-order chi connectivity index (χ1) is 14.2. The molecule has 1 fully saturated rings. The lowest BCUT2D eigenvalue weighted by Gasteiger charge is -2.32. The number of aliphatic hydroxyl groups is 1. The minimum absolute atomic E-state index is 0.327. The van der Waals surface area contributed by atoms with Crippen molar-refractivity contribution in [3.8, 4) is 5.75 Å². The van der Waals surface area contributed by atoms with Crippen LogP contribution in [0.25, 0.3) is 0 Å². The molecule has 0 radical (unpaired) electrons. The highest BCUT2D eigenvalue weighted by Crippen LogP contribution is 2.22. The third-order valence-corrected chi connectivity index (χ3v) is 5.72. The molecule has 0 aliphatic heterocycles. The summed E-state index contributed by atoms with van der Waals surface area (Å²) in [6.45, 7) is 3.58. The highest BCUT2D eigenvalue weighted by molar-refractivity contribution is 5.33. The number of hydrogen-bond acceptors (Lipinski definition) is 5. The number of nitrogens with one attached hydrogen (secondary N) is 1. The van der Waals surface area contributed by atoms with E-state index >= 15 is 0 Å². The maximum absolute atomic E-state index is 10.4. The van der Waals surface area contributed by atoms with Gasteiger partial charge in [0.25, 0.3) is 0 Å². The Kier molecular flexibility index (Phi) is 8.99. The topological polar surface area (TPSA) is 62.6 Å². The number of nitrogens with zero attached hydrogens (tertiary/aromatic N) is 3. The van der Waals surface area contributed by atoms with Gasteiger partial charge in [-0.25, -0.2) is 0 Å². The fourth-order valence-electron chi connectivity index (χ4n) is 4.05. The first-order valence-corrected chi connectivity index (χ1v) is 11.0. The SMILES string of the molecule is CN(C[C@H](O)COc1ccccc1CNCCCn1cccn1)C1CCCCC1. The third kappa shape index (κ3) is 7.46. The van der Waals surface area contributed by atoms with Crippen molar-refractivity contribution in [1.82, 2.24) is 20.0 Å². The first-order valence-electron chi connectivity index (χ1n) is 11.0. The Morgan fingerprint density at radius 2 is 2.07 bits per heavy atom. The van der Waals surface area contributed by atoms with Crippen molar-refractivity contribution in [3.05, 3.63) is 48.3 Å². The maximum Gasteiger partial charge on any atom is 0.123 e. The first kappa shape index (κ1) is 21.8. The zero-order chi connectivity index (χ0) is 20.3. The predicted molar refractivity (Wildman–Crippen MR) is 116 cm³/mol. The van der Waals surface area contributed by atoms with Crippen LogP contribution in [0.2, 0.25) is 0 Å². The molecule has 0 unspecified atom stereocenters. The molecule has 3 rings (SSSR count). The fraction of sp³-hybridized carbons (Fsp3) is 0.609. The molecule has 2 aromatic rings. The van der Waals surface area contributed by atoms with Gasteiger partial charge in [-0.15, -0.1) is 0 Å². The monoisotopic (exact) mass is 400 g/mol. The molecule has 1 heterocycles. The fourth-order valence-corrected chi connectivity index (χ4v) is 4.05. The van der Waals surface area contributed by atoms with Crippen LogP contribution >= 0.6 is 0 Å². The van der Waals surface area contributed by atoms with Crippen molar-refractivity contribution in [1.29, 1.82) is 0 Å². The van der Waals surface area contributed by atoms with Gasteiger partial charge in [0.2, 0.25) is 0 Å². The summed E-state index contributed by atoms with van der Waals surface area (Å²) >= 11 is 0. The van der Waals surface area contributed by atoms with Crippen molar-refractivity contribution in [2.45, 2.75) is 63.8 Å². The van der Waals surface area contributed by atoms with E-state index in [1.807, 2.05) is 41.3 Å². The summed E-state index contributed by atoms with van der Waals surface area (Å²) in [6, 6.07) is 10.6. The molecular weight excluding hydrogens is 364 g/mol. The molecule has 1 saturated carbocycles. The molecule has 1 aromatic heterocycles. The second-order valence-corrected chi connectivity index (χ2v) is 8.10. The Balaban J connectivity index is 1.37. The van der Waals surface area contributed by atoms with Gasteiger partial charge in [-0.2, -0.15) is 5.10 Å². The highest BCUT2D eigenvalue weighted by atomic mass is 16.5. The molecule has 2 N–H and O–H groups in total. The summed E-state index contributed by atoms with van der Waals surface area (Å²) in [5, 5.41) is 18.1. The average Bonchev–Trinajstić information content (AvgIpc) is 3.27. The molecule has 0 saturated heterocycles. The van der Waals surface area contributed by atoms with E-state index in [0.717, 1.165) is 37.4 Å². The summed E-state index contributed by atoms with van der Waals surface area (Å²) in [5.74, 6) is 0.853. The van der Waals surface area contributed by atoms with Crippen molar-refractivity contribution < 1.29 is 9.84 Å². The summed E-state index contributed by atoms with van der Waals surface area (Å²) in [5.41, 5.74) is 1.12. The number of likely N-dealkylation sites (N-methyl/N-ethyl adjacent to an activating group) is 1. The number of hydrogen-bond donors (Lipinski definition) is 2. The van der Waals surface area contributed by atoms with Crippen LogP contribution in [0, 0.1) is 0 Å². The van der Waals surface area contributed by atoms with Gasteiger partial charge in [0.15, 0.2) is 0 Å². The molecule has 6 nitrogen and oxygen atoms in total. The van der Waals surface area contributed by atoms with Gasteiger partial charge in [-0.3, -0.25) is 4.68 Å². The Hall–Kier alpha value is -1.89. The van der Waals surface area contributed by atoms with Gasteiger partial charge in [0, 0.05) is 43.6 Å². The third-order valence-electron chi connectivity index (χ3n) is 5.72. The van der Waals surface area contributed by atoms with E-state index in [1.165, 1.54) is 32.1 Å². The van der Waals surface area contributed by atoms with Gasteiger partial charge < -0.3 is 20.1 Å². The van der Waals surface area contributed by atoms with E-state index in [9.17, 15) is 5.11 Å². The van der Waals surface area contributed by atoms with Gasteiger partial charge in [0.1, 0.15) is 18.5 Å². The van der Waals surface area contributed by atoms with Crippen molar-refractivity contribution >= 4 is 0 Å². The normalized spacial score (nSPS) is 16.2. The van der Waals surface area contributed by atoms with Crippen LogP contribution < -0.4 is 10.1 Å². The largest absolute Gasteiger partial charge is 0.491 e. The standard InChI is InChI=1S/C23H36N4O2/c1-26(21-10-3-2-4-11-21)18-22(28)19-29-23-12-6-5-9-20(23)17-24-13-7-15-27-16-8-14-25-27/h5-6,8-9,12,14,16,21-22,24,28H,2-4,7,10-11,13,15,17-19H2,1H3/t22-/m0/s1. The Labute approximate surface area is 174 Å². The lowest BCUT2D eigenvalue weighted by molar-refractivity contribution is 0.0558. The number of para-hydroxylation sites is 1. The summed E-state index contributed by atoms with van der Waals surface area (Å²) in [6.07, 6.45) is 10.8. The van der Waals surface area contributed by atoms with Crippen LogP contribution in [0.4, 0.5) is 0 Å². The number of benzene rings is 1. The van der Waals surface area contributed by atoms with E-state index < -0.39 is 6.10 Å². The Bertz CT molecular complexity index is 686. The van der Waals surface area contributed by atoms with Crippen LogP contribution in [-0.2, 0) is 13.1 Å². The summed E-state index contributed by atoms with van der Waals surface area (Å²) in [7, 11) is 2.13. The van der Waals surface area contributed by atoms with Crippen LogP contribution in [0.1, 0.15) is 44.1 Å². The highest BCUT2D eigenvalue weighted by Gasteiger charge is 2.20. The van der Waals surface area contributed by atoms with Crippen LogP contribution in [0.5, 0.6) is 5.75 Å². The lowest BCUT2D eigenvalue weighted by atomic mass is 9.94. The second-order valence-electron chi connectivity index (χ2n) is 8.10. The number of aryl methyl sites for hydroxylation is 1. The van der Waals surface area contributed by atoms with Crippen LogP contribution in [0.15, 0.2) is 42.7 Å². The lowest BCUT2D eigenvalue weighted by Crippen LogP contribution is -2.40. The maximum atomic E-state index is 10.4. The molecule has 160 valence electrons. The smallest absolute Gasteiger partial charge is 0.123 e. The van der Waals surface area contributed by atoms with E-state index in [2.05, 4.69) is 28.4 Å². The molecule has 0 spiro atoms. The molecular formula is C23H36N4O2. The quantitative estimate of drug-likeness (QED) is 0.536. The number of ether oxygens (including phenoxy) is 1. The number of aliphatic hydroxyl groups excluding tert-OH is 1. The predicted octanol–water partition coefficient (Wildman–Crippen LogP) is 3.07. The van der Waals surface area contributed by atoms with Gasteiger partial charge in [-0.05, 0) is 45.0 Å². The van der Waals surface area contributed by atoms with Crippen LogP contribution in [0.3, 0.4) is 0 Å². The van der Waals surface area contributed by atoms with Crippen molar-refractivity contribution in [3.63, 3.8) is 0 Å². The molecule has 0 amide bonds. The molecule has 1 aliphatic carbocycles. The zero-order valence-electron chi connectivity index (χ0n) is 17.7. The number of aromatic nitrogens is 2. The van der Waals surface area contributed by atoms with E-state index in [-0.39, 0.29) is 0 Å². The Morgan fingerprint density at radius 1 is 1.24 bits per heavy atom. The molecule has 1 atom stereocenters. The summed E-state index contributed by atoms with van der Waals surface area (Å²) in [4.78, 5) is 2.31. The minimum atomic E-state index is -0.475. The van der Waals surface area contributed by atoms with E-state index in [4.69, 9.17) is 4.74 Å². The molecule has 6 heteroatoms. The number of rotatable bonds is 12. The summed E-state index contributed by atoms with van der Waals surface area (Å²) < 4.78 is 7.92. The van der Waals surface area contributed by atoms with Gasteiger partial charge in [0.05, 0.1) is 0 Å². The zero-order valence-corrected chi connectivity index (χ0v) is 17.7. The molecule has 0 bridgehead atoms. The minimum Gasteiger partial charge on any atom is -0.491 e. The van der Waals surface area contributed by atoms with Crippen molar-refractivity contribution in [2.24, 2.45) is 0 Å². The van der Waals surface area contributed by atoms with Crippen LogP contribution in [-0.4, -0.2) is 58.7 Å². The van der Waals surface area contributed by atoms with Gasteiger partial charge in [-0.1, -0.05) is 37.5 Å².